The molecular weight excluding hydrogens is 408 g/mol. The highest BCUT2D eigenvalue weighted by Crippen LogP contribution is 2.41. The van der Waals surface area contributed by atoms with Crippen LogP contribution in [-0.4, -0.2) is 26.5 Å². The van der Waals surface area contributed by atoms with Crippen molar-refractivity contribution in [2.45, 2.75) is 17.8 Å². The molecule has 4 rings (SSSR count). The van der Waals surface area contributed by atoms with Crippen LogP contribution >= 0.6 is 11.8 Å². The van der Waals surface area contributed by atoms with E-state index in [0.29, 0.717) is 17.2 Å². The maximum atomic E-state index is 5.48. The zero-order valence-electron chi connectivity index (χ0n) is 17.9. The summed E-state index contributed by atoms with van der Waals surface area (Å²) in [6, 6.07) is 25.0. The summed E-state index contributed by atoms with van der Waals surface area (Å²) in [4.78, 5) is 5.03. The number of nitrogens with zero attached hydrogens (tertiary/aromatic N) is 1. The minimum Gasteiger partial charge on any atom is -0.493 e. The molecule has 6 heteroatoms. The summed E-state index contributed by atoms with van der Waals surface area (Å²) < 4.78 is 16.4. The van der Waals surface area contributed by atoms with Gasteiger partial charge >= 0.3 is 0 Å². The van der Waals surface area contributed by atoms with Crippen molar-refractivity contribution in [3.63, 3.8) is 0 Å². The van der Waals surface area contributed by atoms with Gasteiger partial charge in [-0.3, -0.25) is 4.99 Å². The van der Waals surface area contributed by atoms with Crippen molar-refractivity contribution in [3.05, 3.63) is 89.5 Å². The van der Waals surface area contributed by atoms with Gasteiger partial charge in [0.15, 0.2) is 16.7 Å². The number of nitrogens with one attached hydrogen (secondary N) is 1. The van der Waals surface area contributed by atoms with Gasteiger partial charge in [-0.25, -0.2) is 0 Å². The Morgan fingerprint density at radius 2 is 1.39 bits per heavy atom. The first-order chi connectivity index (χ1) is 15.2. The first-order valence-electron chi connectivity index (χ1n) is 10.1. The summed E-state index contributed by atoms with van der Waals surface area (Å²) in [5.41, 5.74) is 3.50. The van der Waals surface area contributed by atoms with Gasteiger partial charge < -0.3 is 19.5 Å². The third-order valence-corrected chi connectivity index (χ3v) is 6.23. The normalized spacial score (nSPS) is 17.6. The molecule has 0 aliphatic carbocycles. The number of amidine groups is 1. The van der Waals surface area contributed by atoms with E-state index in [9.17, 15) is 0 Å². The van der Waals surface area contributed by atoms with Crippen LogP contribution < -0.4 is 19.5 Å². The molecule has 0 radical (unpaired) electrons. The van der Waals surface area contributed by atoms with Gasteiger partial charge in [0.2, 0.25) is 5.75 Å². The zero-order chi connectivity index (χ0) is 21.6. The van der Waals surface area contributed by atoms with Gasteiger partial charge in [0.1, 0.15) is 6.04 Å². The summed E-state index contributed by atoms with van der Waals surface area (Å²) in [5, 5.41) is 4.56. The van der Waals surface area contributed by atoms with Crippen molar-refractivity contribution in [2.75, 3.05) is 21.3 Å². The van der Waals surface area contributed by atoms with Gasteiger partial charge in [0.25, 0.3) is 0 Å². The number of ether oxygens (including phenoxy) is 3. The van der Waals surface area contributed by atoms with Crippen LogP contribution in [-0.2, 0) is 5.75 Å². The Morgan fingerprint density at radius 1 is 0.806 bits per heavy atom. The van der Waals surface area contributed by atoms with Crippen molar-refractivity contribution in [2.24, 2.45) is 4.99 Å². The van der Waals surface area contributed by atoms with Crippen LogP contribution in [0.4, 0.5) is 0 Å². The Bertz CT molecular complexity index is 1020. The molecule has 0 saturated carbocycles. The number of methoxy groups -OCH3 is 3. The van der Waals surface area contributed by atoms with Crippen LogP contribution in [0, 0.1) is 0 Å². The molecule has 31 heavy (non-hydrogen) atoms. The second-order valence-corrected chi connectivity index (χ2v) is 8.11. The molecule has 1 N–H and O–H groups in total. The molecule has 1 heterocycles. The van der Waals surface area contributed by atoms with Gasteiger partial charge in [-0.05, 0) is 28.8 Å². The molecule has 0 amide bonds. The molecule has 2 atom stereocenters. The molecule has 0 bridgehead atoms. The highest BCUT2D eigenvalue weighted by Gasteiger charge is 2.31. The van der Waals surface area contributed by atoms with E-state index in [4.69, 9.17) is 19.2 Å². The van der Waals surface area contributed by atoms with E-state index in [1.54, 1.807) is 33.1 Å². The molecule has 3 aromatic rings. The SMILES string of the molecule is COc1cc(CSC2=NC(c3ccccc3)C(c3ccccc3)N2)cc(OC)c1OC. The Hall–Kier alpha value is -3.12. The molecule has 1 aliphatic heterocycles. The molecule has 0 spiro atoms. The summed E-state index contributed by atoms with van der Waals surface area (Å²) >= 11 is 1.67. The molecular formula is C25H26N2O3S. The van der Waals surface area contributed by atoms with Crippen LogP contribution in [0.5, 0.6) is 17.2 Å². The van der Waals surface area contributed by atoms with Crippen molar-refractivity contribution >= 4 is 16.9 Å². The molecule has 2 unspecified atom stereocenters. The van der Waals surface area contributed by atoms with Gasteiger partial charge in [-0.1, -0.05) is 72.4 Å². The number of benzene rings is 3. The van der Waals surface area contributed by atoms with E-state index in [0.717, 1.165) is 16.5 Å². The van der Waals surface area contributed by atoms with Gasteiger partial charge in [0, 0.05) is 5.75 Å². The molecule has 0 aromatic heterocycles. The fourth-order valence-corrected chi connectivity index (χ4v) is 4.61. The maximum absolute atomic E-state index is 5.48. The van der Waals surface area contributed by atoms with E-state index in [-0.39, 0.29) is 12.1 Å². The quantitative estimate of drug-likeness (QED) is 0.541. The van der Waals surface area contributed by atoms with Crippen molar-refractivity contribution in [1.82, 2.24) is 5.32 Å². The number of hydrogen-bond donors (Lipinski definition) is 1. The van der Waals surface area contributed by atoms with Crippen LogP contribution in [0.3, 0.4) is 0 Å². The Morgan fingerprint density at radius 3 is 1.94 bits per heavy atom. The lowest BCUT2D eigenvalue weighted by Crippen LogP contribution is -2.22. The Balaban J connectivity index is 1.56. The first-order valence-corrected chi connectivity index (χ1v) is 11.1. The topological polar surface area (TPSA) is 52.1 Å². The third-order valence-electron chi connectivity index (χ3n) is 5.25. The largest absolute Gasteiger partial charge is 0.493 e. The highest BCUT2D eigenvalue weighted by molar-refractivity contribution is 8.13. The smallest absolute Gasteiger partial charge is 0.203 e. The summed E-state index contributed by atoms with van der Waals surface area (Å²) in [7, 11) is 4.87. The van der Waals surface area contributed by atoms with Gasteiger partial charge in [0.05, 0.1) is 27.4 Å². The minimum atomic E-state index is 0.0334. The number of thioether (sulfide) groups is 1. The molecule has 1 aliphatic rings. The van der Waals surface area contributed by atoms with E-state index < -0.39 is 0 Å². The average Bonchev–Trinajstić information content (AvgIpc) is 3.27. The average molecular weight is 435 g/mol. The fraction of sp³-hybridized carbons (Fsp3) is 0.240. The van der Waals surface area contributed by atoms with Crippen LogP contribution in [0.25, 0.3) is 0 Å². The Kier molecular flexibility index (Phi) is 6.67. The predicted molar refractivity (Wildman–Crippen MR) is 126 cm³/mol. The Labute approximate surface area is 187 Å². The van der Waals surface area contributed by atoms with Crippen LogP contribution in [0.1, 0.15) is 28.8 Å². The molecule has 3 aromatic carbocycles. The number of aliphatic imine (C=N–C) groups is 1. The van der Waals surface area contributed by atoms with Gasteiger partial charge in [-0.15, -0.1) is 0 Å². The monoisotopic (exact) mass is 434 g/mol. The fourth-order valence-electron chi connectivity index (χ4n) is 3.74. The molecule has 0 fully saturated rings. The van der Waals surface area contributed by atoms with E-state index in [1.807, 2.05) is 24.3 Å². The minimum absolute atomic E-state index is 0.0334. The number of hydrogen-bond acceptors (Lipinski definition) is 6. The second kappa shape index (κ2) is 9.79. The lowest BCUT2D eigenvalue weighted by atomic mass is 9.95. The first kappa shape index (κ1) is 21.1. The second-order valence-electron chi connectivity index (χ2n) is 7.14. The molecule has 5 nitrogen and oxygen atoms in total. The van der Waals surface area contributed by atoms with Crippen molar-refractivity contribution in [1.29, 1.82) is 0 Å². The summed E-state index contributed by atoms with van der Waals surface area (Å²) in [5.74, 6) is 2.64. The highest BCUT2D eigenvalue weighted by atomic mass is 32.2. The lowest BCUT2D eigenvalue weighted by molar-refractivity contribution is 0.324. The molecule has 0 saturated heterocycles. The summed E-state index contributed by atoms with van der Waals surface area (Å²) in [6.07, 6.45) is 0. The number of rotatable bonds is 7. The van der Waals surface area contributed by atoms with E-state index >= 15 is 0 Å². The molecule has 160 valence electrons. The lowest BCUT2D eigenvalue weighted by Gasteiger charge is -2.19. The van der Waals surface area contributed by atoms with Crippen molar-refractivity contribution < 1.29 is 14.2 Å². The van der Waals surface area contributed by atoms with Crippen LogP contribution in [0.15, 0.2) is 77.8 Å². The summed E-state index contributed by atoms with van der Waals surface area (Å²) in [6.45, 7) is 0. The zero-order valence-corrected chi connectivity index (χ0v) is 18.7. The third kappa shape index (κ3) is 4.64. The van der Waals surface area contributed by atoms with Crippen LogP contribution in [0.2, 0.25) is 0 Å². The standard InChI is InChI=1S/C25H26N2O3S/c1-28-20-14-17(15-21(29-2)24(20)30-3)16-31-25-26-22(18-10-6-4-7-11-18)23(27-25)19-12-8-5-9-13-19/h4-15,22-23H,16H2,1-3H3,(H,26,27). The predicted octanol–water partition coefficient (Wildman–Crippen LogP) is 5.39. The maximum Gasteiger partial charge on any atom is 0.203 e. The van der Waals surface area contributed by atoms with E-state index in [1.165, 1.54) is 11.1 Å². The van der Waals surface area contributed by atoms with E-state index in [2.05, 4.69) is 53.8 Å². The van der Waals surface area contributed by atoms with Crippen molar-refractivity contribution in [3.8, 4) is 17.2 Å². The van der Waals surface area contributed by atoms with Gasteiger partial charge in [-0.2, -0.15) is 0 Å².